The molecule has 1 aliphatic rings. The van der Waals surface area contributed by atoms with Gasteiger partial charge in [0.25, 0.3) is 0 Å². The molecule has 102 valence electrons. The van der Waals surface area contributed by atoms with Gasteiger partial charge in [0.2, 0.25) is 5.91 Å². The Bertz CT molecular complexity index is 661. The molecule has 0 aromatic carbocycles. The van der Waals surface area contributed by atoms with E-state index in [1.807, 2.05) is 19.1 Å². The molecule has 2 aromatic heterocycles. The van der Waals surface area contributed by atoms with Crippen molar-refractivity contribution in [2.75, 3.05) is 5.32 Å². The summed E-state index contributed by atoms with van der Waals surface area (Å²) in [5.74, 6) is 0.538. The molecular weight excluding hydrogens is 276 g/mol. The Labute approximate surface area is 121 Å². The van der Waals surface area contributed by atoms with Crippen molar-refractivity contribution in [3.05, 3.63) is 47.1 Å². The fourth-order valence-corrected chi connectivity index (χ4v) is 2.34. The average Bonchev–Trinajstić information content (AvgIpc) is 3.19. The Kier molecular flexibility index (Phi) is 3.36. The first-order valence-corrected chi connectivity index (χ1v) is 6.72. The molecule has 0 radical (unpaired) electrons. The van der Waals surface area contributed by atoms with Crippen LogP contribution >= 0.6 is 11.6 Å². The number of carbonyl (C=O) groups is 1. The third-order valence-corrected chi connectivity index (χ3v) is 3.54. The number of nitrogens with one attached hydrogen (secondary N) is 1. The van der Waals surface area contributed by atoms with Crippen LogP contribution in [-0.2, 0) is 4.79 Å². The van der Waals surface area contributed by atoms with Gasteiger partial charge >= 0.3 is 0 Å². The zero-order chi connectivity index (χ0) is 14.1. The lowest BCUT2D eigenvalue weighted by molar-refractivity contribution is -0.117. The van der Waals surface area contributed by atoms with Crippen molar-refractivity contribution in [1.29, 1.82) is 0 Å². The molecule has 3 rings (SSSR count). The predicted octanol–water partition coefficient (Wildman–Crippen LogP) is 2.58. The number of nitrogens with zero attached hydrogens (tertiary/aromatic N) is 3. The molecule has 1 amide bonds. The molecule has 1 saturated carbocycles. The third-order valence-electron chi connectivity index (χ3n) is 3.33. The first-order chi connectivity index (χ1) is 9.63. The lowest BCUT2D eigenvalue weighted by Crippen LogP contribution is -2.15. The zero-order valence-electron chi connectivity index (χ0n) is 10.9. The fraction of sp³-hybridized carbons (Fsp3) is 0.286. The molecule has 0 aliphatic heterocycles. The highest BCUT2D eigenvalue weighted by Crippen LogP contribution is 2.47. The summed E-state index contributed by atoms with van der Waals surface area (Å²) in [4.78, 5) is 24.2. The maximum absolute atomic E-state index is 12.1. The number of aromatic nitrogens is 3. The van der Waals surface area contributed by atoms with Crippen molar-refractivity contribution in [2.24, 2.45) is 5.92 Å². The first-order valence-electron chi connectivity index (χ1n) is 6.34. The number of hydrogen-bond donors (Lipinski definition) is 1. The Balaban J connectivity index is 1.66. The second-order valence-electron chi connectivity index (χ2n) is 4.92. The molecule has 1 N–H and O–H groups in total. The fourth-order valence-electron chi connectivity index (χ4n) is 2.19. The maximum atomic E-state index is 12.1. The smallest absolute Gasteiger partial charge is 0.229 e. The van der Waals surface area contributed by atoms with E-state index < -0.39 is 0 Å². The van der Waals surface area contributed by atoms with E-state index in [1.54, 1.807) is 6.20 Å². The van der Waals surface area contributed by atoms with Crippen molar-refractivity contribution in [2.45, 2.75) is 19.3 Å². The van der Waals surface area contributed by atoms with E-state index in [0.29, 0.717) is 11.0 Å². The summed E-state index contributed by atoms with van der Waals surface area (Å²) in [7, 11) is 0. The Hall–Kier alpha value is -2.01. The van der Waals surface area contributed by atoms with E-state index in [9.17, 15) is 4.79 Å². The number of halogens is 1. The molecule has 2 heterocycles. The number of hydrogen-bond acceptors (Lipinski definition) is 4. The van der Waals surface area contributed by atoms with Crippen molar-refractivity contribution < 1.29 is 4.79 Å². The second kappa shape index (κ2) is 5.17. The van der Waals surface area contributed by atoms with Crippen LogP contribution in [0.4, 0.5) is 5.82 Å². The third kappa shape index (κ3) is 2.77. The first kappa shape index (κ1) is 13.0. The lowest BCUT2D eigenvalue weighted by atomic mass is 10.1. The minimum Gasteiger partial charge on any atom is -0.310 e. The number of amides is 1. The molecule has 2 aromatic rings. The van der Waals surface area contributed by atoms with E-state index in [2.05, 4.69) is 20.3 Å². The minimum atomic E-state index is -0.0481. The van der Waals surface area contributed by atoms with Crippen LogP contribution in [0, 0.1) is 12.8 Å². The molecule has 0 saturated heterocycles. The van der Waals surface area contributed by atoms with Gasteiger partial charge in [0, 0.05) is 29.8 Å². The van der Waals surface area contributed by atoms with E-state index in [0.717, 1.165) is 17.7 Å². The van der Waals surface area contributed by atoms with Gasteiger partial charge in [-0.2, -0.15) is 0 Å². The van der Waals surface area contributed by atoms with Crippen molar-refractivity contribution in [3.63, 3.8) is 0 Å². The van der Waals surface area contributed by atoms with Gasteiger partial charge in [0.05, 0.1) is 0 Å². The average molecular weight is 289 g/mol. The Morgan fingerprint density at radius 3 is 2.95 bits per heavy atom. The van der Waals surface area contributed by atoms with E-state index >= 15 is 0 Å². The molecule has 1 fully saturated rings. The van der Waals surface area contributed by atoms with Crippen LogP contribution in [0.25, 0.3) is 0 Å². The monoisotopic (exact) mass is 288 g/mol. The standard InChI is InChI=1S/C14H13ClN4O/c1-8-2-3-16-11(4-8)9-5-10(9)14(20)19-13-6-12(15)17-7-18-13/h2-4,6-7,9-10H,5H2,1H3,(H,17,18,19,20). The summed E-state index contributed by atoms with van der Waals surface area (Å²) in [6, 6.07) is 5.51. The van der Waals surface area contributed by atoms with Crippen LogP contribution in [0.3, 0.4) is 0 Å². The molecule has 20 heavy (non-hydrogen) atoms. The van der Waals surface area contributed by atoms with Crippen LogP contribution < -0.4 is 5.32 Å². The van der Waals surface area contributed by atoms with Gasteiger partial charge in [0.1, 0.15) is 17.3 Å². The molecule has 0 spiro atoms. The number of rotatable bonds is 3. The lowest BCUT2D eigenvalue weighted by Gasteiger charge is -2.04. The number of anilines is 1. The number of carbonyl (C=O) groups excluding carboxylic acids is 1. The number of aryl methyl sites for hydroxylation is 1. The van der Waals surface area contributed by atoms with Crippen molar-refractivity contribution in [1.82, 2.24) is 15.0 Å². The molecule has 5 nitrogen and oxygen atoms in total. The molecular formula is C14H13ClN4O. The van der Waals surface area contributed by atoms with E-state index in [4.69, 9.17) is 11.6 Å². The van der Waals surface area contributed by atoms with Gasteiger partial charge in [0.15, 0.2) is 0 Å². The molecule has 2 atom stereocenters. The number of pyridine rings is 1. The topological polar surface area (TPSA) is 67.8 Å². The summed E-state index contributed by atoms with van der Waals surface area (Å²) >= 11 is 5.75. The van der Waals surface area contributed by atoms with Crippen molar-refractivity contribution in [3.8, 4) is 0 Å². The Morgan fingerprint density at radius 1 is 1.35 bits per heavy atom. The summed E-state index contributed by atoms with van der Waals surface area (Å²) in [6.07, 6.45) is 3.92. The van der Waals surface area contributed by atoms with Gasteiger partial charge in [-0.1, -0.05) is 11.6 Å². The van der Waals surface area contributed by atoms with E-state index in [-0.39, 0.29) is 17.7 Å². The highest BCUT2D eigenvalue weighted by Gasteiger charge is 2.45. The normalized spacial score (nSPS) is 20.5. The molecule has 2 unspecified atom stereocenters. The van der Waals surface area contributed by atoms with Gasteiger partial charge in [-0.05, 0) is 31.0 Å². The van der Waals surface area contributed by atoms with Gasteiger partial charge in [-0.25, -0.2) is 9.97 Å². The molecule has 0 bridgehead atoms. The van der Waals surface area contributed by atoms with Crippen LogP contribution in [0.15, 0.2) is 30.7 Å². The predicted molar refractivity (Wildman–Crippen MR) is 75.5 cm³/mol. The van der Waals surface area contributed by atoms with Gasteiger partial charge < -0.3 is 5.32 Å². The summed E-state index contributed by atoms with van der Waals surface area (Å²) in [6.45, 7) is 2.02. The minimum absolute atomic E-state index is 0.0435. The van der Waals surface area contributed by atoms with Gasteiger partial charge in [-0.15, -0.1) is 0 Å². The van der Waals surface area contributed by atoms with Gasteiger partial charge in [-0.3, -0.25) is 9.78 Å². The maximum Gasteiger partial charge on any atom is 0.229 e. The summed E-state index contributed by atoms with van der Waals surface area (Å²) in [5, 5.41) is 3.07. The summed E-state index contributed by atoms with van der Waals surface area (Å²) < 4.78 is 0. The van der Waals surface area contributed by atoms with Crippen LogP contribution in [0.1, 0.15) is 23.6 Å². The van der Waals surface area contributed by atoms with Crippen LogP contribution in [-0.4, -0.2) is 20.9 Å². The highest BCUT2D eigenvalue weighted by molar-refractivity contribution is 6.29. The largest absolute Gasteiger partial charge is 0.310 e. The SMILES string of the molecule is Cc1ccnc(C2CC2C(=O)Nc2cc(Cl)ncn2)c1. The van der Waals surface area contributed by atoms with Crippen LogP contribution in [0.5, 0.6) is 0 Å². The quantitative estimate of drug-likeness (QED) is 0.882. The highest BCUT2D eigenvalue weighted by atomic mass is 35.5. The zero-order valence-corrected chi connectivity index (χ0v) is 11.6. The van der Waals surface area contributed by atoms with Crippen LogP contribution in [0.2, 0.25) is 5.15 Å². The Morgan fingerprint density at radius 2 is 2.20 bits per heavy atom. The summed E-state index contributed by atoms with van der Waals surface area (Å²) in [5.41, 5.74) is 2.13. The second-order valence-corrected chi connectivity index (χ2v) is 5.31. The molecule has 6 heteroatoms. The van der Waals surface area contributed by atoms with E-state index in [1.165, 1.54) is 12.4 Å². The molecule has 1 aliphatic carbocycles. The van der Waals surface area contributed by atoms with Crippen molar-refractivity contribution >= 4 is 23.3 Å².